The Morgan fingerprint density at radius 2 is 1.82 bits per heavy atom. The van der Waals surface area contributed by atoms with E-state index in [4.69, 9.17) is 14.1 Å². The molecule has 0 saturated heterocycles. The van der Waals surface area contributed by atoms with Gasteiger partial charge in [0.05, 0.1) is 22.6 Å². The molecular formula is C26H29N5O3. The van der Waals surface area contributed by atoms with Crippen LogP contribution in [-0.4, -0.2) is 24.5 Å². The summed E-state index contributed by atoms with van der Waals surface area (Å²) >= 11 is 0. The maximum Gasteiger partial charge on any atom is 0.261 e. The average molecular weight is 460 g/mol. The highest BCUT2D eigenvalue weighted by atomic mass is 16.5. The second kappa shape index (κ2) is 9.21. The van der Waals surface area contributed by atoms with Crippen LogP contribution in [0.25, 0.3) is 17.1 Å². The smallest absolute Gasteiger partial charge is 0.261 e. The molecule has 4 heterocycles. The fourth-order valence-electron chi connectivity index (χ4n) is 3.86. The fourth-order valence-corrected chi connectivity index (χ4v) is 3.86. The highest BCUT2D eigenvalue weighted by Gasteiger charge is 2.18. The molecule has 0 saturated carbocycles. The van der Waals surface area contributed by atoms with Gasteiger partial charge < -0.3 is 9.15 Å². The molecule has 0 aliphatic carbocycles. The maximum atomic E-state index is 13.4. The van der Waals surface area contributed by atoms with Gasteiger partial charge in [0.25, 0.3) is 5.56 Å². The van der Waals surface area contributed by atoms with Crippen molar-refractivity contribution in [1.29, 1.82) is 0 Å². The Kier molecular flexibility index (Phi) is 6.32. The van der Waals surface area contributed by atoms with Crippen molar-refractivity contribution in [2.45, 2.75) is 61.0 Å². The second-order valence-corrected chi connectivity index (χ2v) is 8.77. The highest BCUT2D eigenvalue weighted by molar-refractivity contribution is 5.61. The van der Waals surface area contributed by atoms with E-state index in [-0.39, 0.29) is 18.1 Å². The minimum atomic E-state index is -0.145. The molecule has 0 atom stereocenters. The zero-order valence-corrected chi connectivity index (χ0v) is 20.6. The van der Waals surface area contributed by atoms with Crippen LogP contribution in [0.4, 0.5) is 0 Å². The molecule has 0 fully saturated rings. The van der Waals surface area contributed by atoms with Gasteiger partial charge in [0.2, 0.25) is 0 Å². The predicted molar refractivity (Wildman–Crippen MR) is 129 cm³/mol. The Morgan fingerprint density at radius 3 is 2.50 bits per heavy atom. The summed E-state index contributed by atoms with van der Waals surface area (Å²) in [5, 5.41) is 0. The average Bonchev–Trinajstić information content (AvgIpc) is 3.23. The van der Waals surface area contributed by atoms with Gasteiger partial charge in [-0.2, -0.15) is 0 Å². The summed E-state index contributed by atoms with van der Waals surface area (Å²) in [4.78, 5) is 31.4. The number of oxazole rings is 1. The molecule has 8 nitrogen and oxygen atoms in total. The van der Waals surface area contributed by atoms with Crippen LogP contribution in [-0.2, 0) is 6.61 Å². The number of hydrogen-bond acceptors (Lipinski definition) is 7. The molecule has 4 aromatic heterocycles. The summed E-state index contributed by atoms with van der Waals surface area (Å²) in [6.07, 6.45) is 5.09. The number of hydrogen-bond donors (Lipinski definition) is 0. The van der Waals surface area contributed by atoms with Crippen LogP contribution in [0.1, 0.15) is 59.6 Å². The lowest BCUT2D eigenvalue weighted by molar-refractivity contribution is 0.295. The van der Waals surface area contributed by atoms with Gasteiger partial charge in [-0.25, -0.2) is 15.0 Å². The Bertz CT molecular complexity index is 1420. The van der Waals surface area contributed by atoms with E-state index in [0.29, 0.717) is 28.6 Å². The normalized spacial score (nSPS) is 11.3. The molecule has 0 radical (unpaired) electrons. The van der Waals surface area contributed by atoms with E-state index < -0.39 is 0 Å². The van der Waals surface area contributed by atoms with E-state index in [2.05, 4.69) is 28.8 Å². The van der Waals surface area contributed by atoms with Crippen molar-refractivity contribution < 1.29 is 9.15 Å². The third-order valence-electron chi connectivity index (χ3n) is 5.87. The topological polar surface area (TPSA) is 95.9 Å². The second-order valence-electron chi connectivity index (χ2n) is 8.77. The monoisotopic (exact) mass is 459 g/mol. The molecule has 0 amide bonds. The molecule has 0 spiro atoms. The number of rotatable bonds is 6. The van der Waals surface area contributed by atoms with Crippen LogP contribution in [0.3, 0.4) is 0 Å². The van der Waals surface area contributed by atoms with E-state index in [1.165, 1.54) is 0 Å². The van der Waals surface area contributed by atoms with Crippen molar-refractivity contribution in [3.63, 3.8) is 0 Å². The summed E-state index contributed by atoms with van der Waals surface area (Å²) in [6, 6.07) is 3.72. The minimum absolute atomic E-state index is 0.145. The van der Waals surface area contributed by atoms with Gasteiger partial charge >= 0.3 is 0 Å². The SMILES string of the molecule is Cc1nc(COc2c(C)c(C)n(-c3ccnc(-c4nc(C(C)C)ncc4C)c3)c(=O)c2C)co1. The molecule has 176 valence electrons. The number of pyridine rings is 2. The summed E-state index contributed by atoms with van der Waals surface area (Å²) in [7, 11) is 0. The summed E-state index contributed by atoms with van der Waals surface area (Å²) in [5.41, 5.74) is 5.86. The molecular weight excluding hydrogens is 430 g/mol. The Balaban J connectivity index is 1.76. The zero-order valence-electron chi connectivity index (χ0n) is 20.6. The van der Waals surface area contributed by atoms with E-state index in [1.807, 2.05) is 39.1 Å². The van der Waals surface area contributed by atoms with E-state index in [1.54, 1.807) is 30.9 Å². The number of nitrogens with zero attached hydrogens (tertiary/aromatic N) is 5. The molecule has 0 N–H and O–H groups in total. The van der Waals surface area contributed by atoms with Gasteiger partial charge in [0.1, 0.15) is 30.1 Å². The van der Waals surface area contributed by atoms with Crippen LogP contribution in [0.15, 0.2) is 40.0 Å². The first-order valence-corrected chi connectivity index (χ1v) is 11.2. The first-order valence-electron chi connectivity index (χ1n) is 11.2. The quantitative estimate of drug-likeness (QED) is 0.404. The van der Waals surface area contributed by atoms with Gasteiger partial charge in [0.15, 0.2) is 5.89 Å². The highest BCUT2D eigenvalue weighted by Crippen LogP contribution is 2.28. The van der Waals surface area contributed by atoms with Crippen LogP contribution in [0.2, 0.25) is 0 Å². The van der Waals surface area contributed by atoms with Crippen LogP contribution < -0.4 is 10.3 Å². The molecule has 34 heavy (non-hydrogen) atoms. The van der Waals surface area contributed by atoms with E-state index in [9.17, 15) is 4.79 Å². The van der Waals surface area contributed by atoms with Crippen molar-refractivity contribution in [3.8, 4) is 22.8 Å². The lowest BCUT2D eigenvalue weighted by atomic mass is 10.1. The molecule has 0 aromatic carbocycles. The van der Waals surface area contributed by atoms with Gasteiger partial charge in [-0.15, -0.1) is 0 Å². The molecule has 4 aromatic rings. The van der Waals surface area contributed by atoms with Crippen molar-refractivity contribution >= 4 is 0 Å². The molecule has 0 aliphatic rings. The van der Waals surface area contributed by atoms with Crippen LogP contribution >= 0.6 is 0 Å². The van der Waals surface area contributed by atoms with E-state index in [0.717, 1.165) is 34.0 Å². The van der Waals surface area contributed by atoms with Crippen molar-refractivity contribution in [2.75, 3.05) is 0 Å². The number of ether oxygens (including phenoxy) is 1. The zero-order chi connectivity index (χ0) is 24.6. The Morgan fingerprint density at radius 1 is 1.06 bits per heavy atom. The maximum absolute atomic E-state index is 13.4. The molecule has 0 bridgehead atoms. The lowest BCUT2D eigenvalue weighted by Gasteiger charge is -2.19. The lowest BCUT2D eigenvalue weighted by Crippen LogP contribution is -2.25. The number of aryl methyl sites for hydroxylation is 2. The van der Waals surface area contributed by atoms with E-state index >= 15 is 0 Å². The summed E-state index contributed by atoms with van der Waals surface area (Å²) < 4.78 is 12.9. The van der Waals surface area contributed by atoms with Crippen LogP contribution in [0.5, 0.6) is 5.75 Å². The largest absolute Gasteiger partial charge is 0.486 e. The van der Waals surface area contributed by atoms with Gasteiger partial charge in [-0.1, -0.05) is 13.8 Å². The molecule has 0 aliphatic heterocycles. The standard InChI is InChI=1S/C26H29N5O3/c1-14(2)25-28-11-15(3)23(30-25)22-10-21(8-9-27-22)31-18(6)16(4)24(17(5)26(31)32)34-13-20-12-33-19(7)29-20/h8-12,14H,13H2,1-7H3. The van der Waals surface area contributed by atoms with Crippen molar-refractivity contribution in [2.24, 2.45) is 0 Å². The van der Waals surface area contributed by atoms with Crippen molar-refractivity contribution in [3.05, 3.63) is 80.9 Å². The predicted octanol–water partition coefficient (Wildman–Crippen LogP) is 4.92. The summed E-state index contributed by atoms with van der Waals surface area (Å²) in [5.74, 6) is 2.11. The van der Waals surface area contributed by atoms with Gasteiger partial charge in [-0.3, -0.25) is 14.3 Å². The summed E-state index contributed by atoms with van der Waals surface area (Å²) in [6.45, 7) is 13.7. The van der Waals surface area contributed by atoms with Crippen LogP contribution in [0, 0.1) is 34.6 Å². The minimum Gasteiger partial charge on any atom is -0.486 e. The third kappa shape index (κ3) is 4.35. The first kappa shape index (κ1) is 23.4. The third-order valence-corrected chi connectivity index (χ3v) is 5.87. The van der Waals surface area contributed by atoms with Crippen molar-refractivity contribution in [1.82, 2.24) is 24.5 Å². The fraction of sp³-hybridized carbons (Fsp3) is 0.346. The molecule has 8 heteroatoms. The molecule has 0 unspecified atom stereocenters. The Hall–Kier alpha value is -3.81. The van der Waals surface area contributed by atoms with Gasteiger partial charge in [0, 0.05) is 36.5 Å². The Labute approximate surface area is 198 Å². The first-order chi connectivity index (χ1) is 16.2. The molecule has 4 rings (SSSR count). The number of aromatic nitrogens is 5. The van der Waals surface area contributed by atoms with Gasteiger partial charge in [-0.05, 0) is 45.4 Å².